The topological polar surface area (TPSA) is 83.6 Å². The Balaban J connectivity index is 1.58. The molecule has 0 saturated carbocycles. The van der Waals surface area contributed by atoms with Gasteiger partial charge in [0.05, 0.1) is 31.3 Å². The minimum absolute atomic E-state index is 0.106. The van der Waals surface area contributed by atoms with Crippen molar-refractivity contribution in [3.05, 3.63) is 59.4 Å². The van der Waals surface area contributed by atoms with Crippen molar-refractivity contribution in [1.29, 1.82) is 0 Å². The van der Waals surface area contributed by atoms with Crippen LogP contribution in [-0.4, -0.2) is 47.4 Å². The van der Waals surface area contributed by atoms with Crippen molar-refractivity contribution in [2.45, 2.75) is 39.4 Å². The van der Waals surface area contributed by atoms with Crippen molar-refractivity contribution < 1.29 is 14.3 Å². The summed E-state index contributed by atoms with van der Waals surface area (Å²) in [5.74, 6) is 0.561. The number of aryl methyl sites for hydroxylation is 1. The van der Waals surface area contributed by atoms with E-state index in [0.717, 1.165) is 22.7 Å². The summed E-state index contributed by atoms with van der Waals surface area (Å²) in [5, 5.41) is 5.74. The van der Waals surface area contributed by atoms with E-state index >= 15 is 0 Å². The van der Waals surface area contributed by atoms with E-state index in [0.29, 0.717) is 32.8 Å². The van der Waals surface area contributed by atoms with Gasteiger partial charge in [-0.1, -0.05) is 18.2 Å². The molecule has 1 unspecified atom stereocenters. The number of piperazine rings is 1. The summed E-state index contributed by atoms with van der Waals surface area (Å²) in [5.41, 5.74) is 2.79. The molecule has 154 valence electrons. The van der Waals surface area contributed by atoms with Crippen molar-refractivity contribution in [3.8, 4) is 5.75 Å². The van der Waals surface area contributed by atoms with E-state index in [2.05, 4.69) is 20.5 Å². The van der Waals surface area contributed by atoms with Gasteiger partial charge in [0.1, 0.15) is 5.75 Å². The number of amides is 2. The molecule has 3 rings (SSSR count). The maximum absolute atomic E-state index is 12.5. The summed E-state index contributed by atoms with van der Waals surface area (Å²) >= 11 is 0. The Morgan fingerprint density at radius 2 is 2.07 bits per heavy atom. The molecule has 2 N–H and O–H groups in total. The average Bonchev–Trinajstić information content (AvgIpc) is 2.71. The first-order valence-corrected chi connectivity index (χ1v) is 9.98. The van der Waals surface area contributed by atoms with Gasteiger partial charge in [-0.3, -0.25) is 19.5 Å². The molecule has 1 atom stereocenters. The number of rotatable bonds is 8. The molecule has 0 bridgehead atoms. The van der Waals surface area contributed by atoms with E-state index in [4.69, 9.17) is 4.74 Å². The van der Waals surface area contributed by atoms with Crippen LogP contribution in [0.3, 0.4) is 0 Å². The lowest BCUT2D eigenvalue weighted by molar-refractivity contribution is -0.134. The molecule has 1 aliphatic rings. The number of carbonyl (C=O) groups is 2. The summed E-state index contributed by atoms with van der Waals surface area (Å²) in [6.07, 6.45) is 0.120. The van der Waals surface area contributed by atoms with Crippen LogP contribution in [0.25, 0.3) is 0 Å². The smallest absolute Gasteiger partial charge is 0.237 e. The molecule has 2 heterocycles. The molecule has 2 amide bonds. The number of hydrogen-bond acceptors (Lipinski definition) is 5. The maximum Gasteiger partial charge on any atom is 0.237 e. The van der Waals surface area contributed by atoms with Gasteiger partial charge in [-0.05, 0) is 43.7 Å². The monoisotopic (exact) mass is 396 g/mol. The molecule has 1 saturated heterocycles. The Morgan fingerprint density at radius 1 is 1.28 bits per heavy atom. The van der Waals surface area contributed by atoms with Crippen LogP contribution < -0.4 is 15.4 Å². The number of ether oxygens (including phenoxy) is 1. The van der Waals surface area contributed by atoms with Gasteiger partial charge < -0.3 is 15.4 Å². The average molecular weight is 396 g/mol. The zero-order valence-electron chi connectivity index (χ0n) is 17.0. The lowest BCUT2D eigenvalue weighted by Crippen LogP contribution is -2.56. The number of nitrogens with zero attached hydrogens (tertiary/aromatic N) is 2. The Labute approximate surface area is 171 Å². The Bertz CT molecular complexity index is 838. The minimum atomic E-state index is -0.485. The zero-order chi connectivity index (χ0) is 20.6. The summed E-state index contributed by atoms with van der Waals surface area (Å²) in [6, 6.07) is 13.1. The Kier molecular flexibility index (Phi) is 7.19. The van der Waals surface area contributed by atoms with Crippen LogP contribution in [0.1, 0.15) is 30.3 Å². The van der Waals surface area contributed by atoms with Crippen LogP contribution in [-0.2, 0) is 22.7 Å². The Morgan fingerprint density at radius 3 is 2.79 bits per heavy atom. The van der Waals surface area contributed by atoms with Crippen LogP contribution in [0, 0.1) is 6.92 Å². The fourth-order valence-electron chi connectivity index (χ4n) is 3.40. The first-order valence-electron chi connectivity index (χ1n) is 9.98. The highest BCUT2D eigenvalue weighted by Gasteiger charge is 2.31. The SMILES string of the molecule is CCOc1ccc(CN2CCNC(=O)C2CC(=O)NCc2cccc(C)n2)cc1. The third-order valence-corrected chi connectivity index (χ3v) is 4.85. The molecule has 2 aromatic rings. The second-order valence-electron chi connectivity index (χ2n) is 7.11. The summed E-state index contributed by atoms with van der Waals surface area (Å²) < 4.78 is 5.48. The maximum atomic E-state index is 12.5. The number of benzene rings is 1. The van der Waals surface area contributed by atoms with Gasteiger partial charge in [0, 0.05) is 25.3 Å². The molecule has 0 aliphatic carbocycles. The minimum Gasteiger partial charge on any atom is -0.494 e. The Hall–Kier alpha value is -2.93. The van der Waals surface area contributed by atoms with Crippen LogP contribution in [0.5, 0.6) is 5.75 Å². The first kappa shape index (κ1) is 20.8. The van der Waals surface area contributed by atoms with Crippen LogP contribution >= 0.6 is 0 Å². The molecular formula is C22H28N4O3. The summed E-state index contributed by atoms with van der Waals surface area (Å²) in [6.45, 7) is 6.74. The number of nitrogens with one attached hydrogen (secondary N) is 2. The van der Waals surface area contributed by atoms with Crippen LogP contribution in [0.15, 0.2) is 42.5 Å². The molecule has 1 aromatic heterocycles. The molecule has 1 aromatic carbocycles. The number of aromatic nitrogens is 1. The summed E-state index contributed by atoms with van der Waals surface area (Å²) in [4.78, 5) is 31.3. The molecule has 7 nitrogen and oxygen atoms in total. The quantitative estimate of drug-likeness (QED) is 0.711. The number of carbonyl (C=O) groups excluding carboxylic acids is 2. The van der Waals surface area contributed by atoms with Gasteiger partial charge in [-0.15, -0.1) is 0 Å². The molecule has 0 spiro atoms. The predicted molar refractivity (Wildman–Crippen MR) is 110 cm³/mol. The van der Waals surface area contributed by atoms with E-state index in [-0.39, 0.29) is 18.2 Å². The number of pyridine rings is 1. The first-order chi connectivity index (χ1) is 14.0. The highest BCUT2D eigenvalue weighted by molar-refractivity contribution is 5.88. The fourth-order valence-corrected chi connectivity index (χ4v) is 3.40. The zero-order valence-corrected chi connectivity index (χ0v) is 17.0. The van der Waals surface area contributed by atoms with Gasteiger partial charge in [0.2, 0.25) is 11.8 Å². The fraction of sp³-hybridized carbons (Fsp3) is 0.409. The highest BCUT2D eigenvalue weighted by atomic mass is 16.5. The van der Waals surface area contributed by atoms with E-state index < -0.39 is 6.04 Å². The van der Waals surface area contributed by atoms with Gasteiger partial charge in [-0.2, -0.15) is 0 Å². The van der Waals surface area contributed by atoms with Gasteiger partial charge in [0.15, 0.2) is 0 Å². The third-order valence-electron chi connectivity index (χ3n) is 4.85. The van der Waals surface area contributed by atoms with Crippen LogP contribution in [0.4, 0.5) is 0 Å². The van der Waals surface area contributed by atoms with Crippen molar-refractivity contribution in [2.75, 3.05) is 19.7 Å². The van der Waals surface area contributed by atoms with E-state index in [9.17, 15) is 9.59 Å². The van der Waals surface area contributed by atoms with Crippen molar-refractivity contribution in [1.82, 2.24) is 20.5 Å². The van der Waals surface area contributed by atoms with E-state index in [1.165, 1.54) is 0 Å². The standard InChI is InChI=1S/C22H28N4O3/c1-3-29-19-9-7-17(8-10-19)15-26-12-11-23-22(28)20(26)13-21(27)24-14-18-6-4-5-16(2)25-18/h4-10,20H,3,11-15H2,1-2H3,(H,23,28)(H,24,27). The van der Waals surface area contributed by atoms with Gasteiger partial charge in [-0.25, -0.2) is 0 Å². The lowest BCUT2D eigenvalue weighted by Gasteiger charge is -2.34. The van der Waals surface area contributed by atoms with Gasteiger partial charge in [0.25, 0.3) is 0 Å². The molecule has 0 radical (unpaired) electrons. The highest BCUT2D eigenvalue weighted by Crippen LogP contribution is 2.17. The number of hydrogen-bond donors (Lipinski definition) is 2. The third kappa shape index (κ3) is 6.02. The molecule has 1 fully saturated rings. The lowest BCUT2D eigenvalue weighted by atomic mass is 10.1. The van der Waals surface area contributed by atoms with Crippen molar-refractivity contribution in [3.63, 3.8) is 0 Å². The molecule has 1 aliphatic heterocycles. The second-order valence-corrected chi connectivity index (χ2v) is 7.11. The van der Waals surface area contributed by atoms with Gasteiger partial charge >= 0.3 is 0 Å². The second kappa shape index (κ2) is 10.0. The molecule has 29 heavy (non-hydrogen) atoms. The van der Waals surface area contributed by atoms with E-state index in [1.54, 1.807) is 0 Å². The molecule has 7 heteroatoms. The van der Waals surface area contributed by atoms with Crippen LogP contribution in [0.2, 0.25) is 0 Å². The molecular weight excluding hydrogens is 368 g/mol. The predicted octanol–water partition coefficient (Wildman–Crippen LogP) is 1.80. The normalized spacial score (nSPS) is 16.9. The largest absolute Gasteiger partial charge is 0.494 e. The van der Waals surface area contributed by atoms with Crippen molar-refractivity contribution in [2.24, 2.45) is 0 Å². The summed E-state index contributed by atoms with van der Waals surface area (Å²) in [7, 11) is 0. The van der Waals surface area contributed by atoms with Crippen molar-refractivity contribution >= 4 is 11.8 Å². The van der Waals surface area contributed by atoms with E-state index in [1.807, 2.05) is 56.3 Å².